The van der Waals surface area contributed by atoms with Crippen LogP contribution in [0.25, 0.3) is 11.0 Å². The summed E-state index contributed by atoms with van der Waals surface area (Å²) in [5, 5.41) is 6.71. The van der Waals surface area contributed by atoms with Crippen molar-refractivity contribution < 1.29 is 4.74 Å². The zero-order valence-electron chi connectivity index (χ0n) is 17.2. The minimum atomic E-state index is 0. The molecule has 2 aromatic rings. The van der Waals surface area contributed by atoms with Gasteiger partial charge in [-0.15, -0.1) is 24.0 Å². The van der Waals surface area contributed by atoms with Crippen LogP contribution in [0.5, 0.6) is 0 Å². The van der Waals surface area contributed by atoms with Crippen molar-refractivity contribution in [3.8, 4) is 0 Å². The summed E-state index contributed by atoms with van der Waals surface area (Å²) >= 11 is 0. The fourth-order valence-electron chi connectivity index (χ4n) is 2.86. The number of hydrogen-bond donors (Lipinski definition) is 2. The summed E-state index contributed by atoms with van der Waals surface area (Å²) in [6, 6.07) is 8.22. The van der Waals surface area contributed by atoms with Crippen molar-refractivity contribution in [2.24, 2.45) is 10.4 Å². The molecule has 0 fully saturated rings. The quantitative estimate of drug-likeness (QED) is 0.258. The Hall–Kier alpha value is -1.35. The Morgan fingerprint density at radius 1 is 1.26 bits per heavy atom. The highest BCUT2D eigenvalue weighted by molar-refractivity contribution is 14.0. The number of aliphatic imine (C=N–C) groups is 1. The number of ether oxygens (including phenoxy) is 1. The molecule has 2 N–H and O–H groups in total. The molecule has 1 atom stereocenters. The average Bonchev–Trinajstić information content (AvgIpc) is 3.01. The highest BCUT2D eigenvalue weighted by Crippen LogP contribution is 2.21. The second kappa shape index (κ2) is 11.5. The summed E-state index contributed by atoms with van der Waals surface area (Å²) in [5.74, 6) is 0.842. The zero-order chi connectivity index (χ0) is 19.0. The highest BCUT2D eigenvalue weighted by Gasteiger charge is 2.24. The van der Waals surface area contributed by atoms with Crippen molar-refractivity contribution in [1.29, 1.82) is 0 Å². The number of rotatable bonds is 8. The van der Waals surface area contributed by atoms with Crippen LogP contribution in [0.4, 0.5) is 0 Å². The lowest BCUT2D eigenvalue weighted by atomic mass is 9.89. The van der Waals surface area contributed by atoms with Gasteiger partial charge in [0.25, 0.3) is 0 Å². The molecule has 1 aromatic heterocycles. The van der Waals surface area contributed by atoms with Gasteiger partial charge in [-0.3, -0.25) is 4.99 Å². The third-order valence-corrected chi connectivity index (χ3v) is 4.41. The van der Waals surface area contributed by atoms with Crippen LogP contribution in [0.15, 0.2) is 35.6 Å². The van der Waals surface area contributed by atoms with E-state index in [4.69, 9.17) is 4.74 Å². The maximum Gasteiger partial charge on any atom is 0.191 e. The van der Waals surface area contributed by atoms with Crippen molar-refractivity contribution in [2.75, 3.05) is 26.7 Å². The fourth-order valence-corrected chi connectivity index (χ4v) is 2.86. The van der Waals surface area contributed by atoms with Gasteiger partial charge in [-0.25, -0.2) is 4.98 Å². The number of guanidine groups is 1. The molecule has 152 valence electrons. The summed E-state index contributed by atoms with van der Waals surface area (Å²) < 4.78 is 7.78. The van der Waals surface area contributed by atoms with Gasteiger partial charge in [-0.05, 0) is 30.9 Å². The van der Waals surface area contributed by atoms with E-state index in [1.807, 2.05) is 18.5 Å². The largest absolute Gasteiger partial charge is 0.379 e. The Morgan fingerprint density at radius 3 is 2.67 bits per heavy atom. The van der Waals surface area contributed by atoms with Gasteiger partial charge in [-0.2, -0.15) is 0 Å². The molecule has 1 unspecified atom stereocenters. The van der Waals surface area contributed by atoms with Gasteiger partial charge in [0.15, 0.2) is 5.96 Å². The third-order valence-electron chi connectivity index (χ3n) is 4.41. The number of fused-ring (bicyclic) bond motifs is 1. The second-order valence-corrected chi connectivity index (χ2v) is 7.52. The SMILES string of the molecule is CCNC(=NCC(OC)C(C)(C)C)NCCCn1cnc2ccccc21.I. The molecule has 6 nitrogen and oxygen atoms in total. The summed E-state index contributed by atoms with van der Waals surface area (Å²) in [6.07, 6.45) is 3.00. The van der Waals surface area contributed by atoms with Crippen LogP contribution < -0.4 is 10.6 Å². The van der Waals surface area contributed by atoms with E-state index in [9.17, 15) is 0 Å². The van der Waals surface area contributed by atoms with Gasteiger partial charge in [0.05, 0.1) is 30.0 Å². The van der Waals surface area contributed by atoms with Crippen LogP contribution in [0.3, 0.4) is 0 Å². The lowest BCUT2D eigenvalue weighted by Crippen LogP contribution is -2.40. The molecule has 0 amide bonds. The van der Waals surface area contributed by atoms with E-state index in [-0.39, 0.29) is 35.5 Å². The fraction of sp³-hybridized carbons (Fsp3) is 0.600. The predicted molar refractivity (Wildman–Crippen MR) is 124 cm³/mol. The molecular weight excluding hydrogens is 453 g/mol. The number of methoxy groups -OCH3 is 1. The molecule has 0 saturated heterocycles. The van der Waals surface area contributed by atoms with E-state index >= 15 is 0 Å². The van der Waals surface area contributed by atoms with Crippen molar-refractivity contribution >= 4 is 41.0 Å². The topological polar surface area (TPSA) is 63.5 Å². The number of nitrogens with one attached hydrogen (secondary N) is 2. The van der Waals surface area contributed by atoms with Gasteiger partial charge < -0.3 is 19.9 Å². The molecular formula is C20H34IN5O. The molecule has 1 aromatic carbocycles. The Labute approximate surface area is 180 Å². The number of halogens is 1. The lowest BCUT2D eigenvalue weighted by molar-refractivity contribution is 0.0241. The monoisotopic (exact) mass is 487 g/mol. The van der Waals surface area contributed by atoms with Gasteiger partial charge in [0, 0.05) is 26.7 Å². The van der Waals surface area contributed by atoms with Crippen molar-refractivity contribution in [3.05, 3.63) is 30.6 Å². The number of hydrogen-bond acceptors (Lipinski definition) is 3. The van der Waals surface area contributed by atoms with E-state index in [1.54, 1.807) is 7.11 Å². The molecule has 0 aliphatic rings. The van der Waals surface area contributed by atoms with Crippen LogP contribution in [0.2, 0.25) is 0 Å². The molecule has 0 aliphatic carbocycles. The van der Waals surface area contributed by atoms with Gasteiger partial charge in [-0.1, -0.05) is 32.9 Å². The maximum absolute atomic E-state index is 5.59. The lowest BCUT2D eigenvalue weighted by Gasteiger charge is -2.28. The van der Waals surface area contributed by atoms with E-state index in [1.165, 1.54) is 5.52 Å². The first-order valence-corrected chi connectivity index (χ1v) is 9.40. The molecule has 0 saturated carbocycles. The molecule has 27 heavy (non-hydrogen) atoms. The van der Waals surface area contributed by atoms with E-state index < -0.39 is 0 Å². The molecule has 7 heteroatoms. The number of aryl methyl sites for hydroxylation is 1. The number of aromatic nitrogens is 2. The number of nitrogens with zero attached hydrogens (tertiary/aromatic N) is 3. The smallest absolute Gasteiger partial charge is 0.191 e. The molecule has 1 heterocycles. The van der Waals surface area contributed by atoms with Crippen LogP contribution >= 0.6 is 24.0 Å². The third kappa shape index (κ3) is 7.29. The van der Waals surface area contributed by atoms with Crippen molar-refractivity contribution in [1.82, 2.24) is 20.2 Å². The standard InChI is InChI=1S/C20H33N5O.HI/c1-6-21-19(23-14-18(26-5)20(2,3)4)22-12-9-13-25-15-24-16-10-7-8-11-17(16)25;/h7-8,10-11,15,18H,6,9,12-14H2,1-5H3,(H2,21,22,23);1H. The first-order valence-electron chi connectivity index (χ1n) is 9.40. The van der Waals surface area contributed by atoms with Crippen LogP contribution in [0, 0.1) is 5.41 Å². The predicted octanol–water partition coefficient (Wildman–Crippen LogP) is 3.66. The number of para-hydroxylation sites is 2. The zero-order valence-corrected chi connectivity index (χ0v) is 19.5. The van der Waals surface area contributed by atoms with Crippen LogP contribution in [-0.2, 0) is 11.3 Å². The first-order chi connectivity index (χ1) is 12.5. The van der Waals surface area contributed by atoms with Gasteiger partial charge in [0.1, 0.15) is 0 Å². The van der Waals surface area contributed by atoms with Gasteiger partial charge in [0.2, 0.25) is 0 Å². The molecule has 2 rings (SSSR count). The second-order valence-electron chi connectivity index (χ2n) is 7.52. The van der Waals surface area contributed by atoms with E-state index in [0.29, 0.717) is 6.54 Å². The van der Waals surface area contributed by atoms with Crippen LogP contribution in [-0.4, -0.2) is 48.4 Å². The Kier molecular flexibility index (Phi) is 10.1. The normalized spacial score (nSPS) is 13.3. The number of imidazole rings is 1. The summed E-state index contributed by atoms with van der Waals surface area (Å²) in [5.41, 5.74) is 2.29. The molecule has 0 aliphatic heterocycles. The summed E-state index contributed by atoms with van der Waals surface area (Å²) in [7, 11) is 1.75. The van der Waals surface area contributed by atoms with Crippen molar-refractivity contribution in [3.63, 3.8) is 0 Å². The Bertz CT molecular complexity index is 708. The van der Waals surface area contributed by atoms with E-state index in [2.05, 4.69) is 65.0 Å². The molecule has 0 spiro atoms. The van der Waals surface area contributed by atoms with Crippen LogP contribution in [0.1, 0.15) is 34.1 Å². The summed E-state index contributed by atoms with van der Waals surface area (Å²) in [6.45, 7) is 11.9. The molecule has 0 bridgehead atoms. The average molecular weight is 487 g/mol. The highest BCUT2D eigenvalue weighted by atomic mass is 127. The van der Waals surface area contributed by atoms with Gasteiger partial charge >= 0.3 is 0 Å². The van der Waals surface area contributed by atoms with E-state index in [0.717, 1.165) is 37.5 Å². The Morgan fingerprint density at radius 2 is 2.00 bits per heavy atom. The summed E-state index contributed by atoms with van der Waals surface area (Å²) in [4.78, 5) is 9.12. The first kappa shape index (κ1) is 23.7. The minimum Gasteiger partial charge on any atom is -0.379 e. The molecule has 0 radical (unpaired) electrons. The minimum absolute atomic E-state index is 0. The Balaban J connectivity index is 0.00000364. The number of benzene rings is 1. The van der Waals surface area contributed by atoms with Crippen molar-refractivity contribution in [2.45, 2.75) is 46.8 Å². The maximum atomic E-state index is 5.59.